The Morgan fingerprint density at radius 3 is 2.52 bits per heavy atom. The third-order valence-corrected chi connectivity index (χ3v) is 5.50. The number of hydrogen-bond acceptors (Lipinski definition) is 6. The second kappa shape index (κ2) is 6.93. The monoisotopic (exact) mass is 364 g/mol. The van der Waals surface area contributed by atoms with Crippen LogP contribution in [0.5, 0.6) is 0 Å². The summed E-state index contributed by atoms with van der Waals surface area (Å²) in [6.45, 7) is 2.49. The standard InChI is InChI=1S/C16H20N4O4S/c1-12-17-15(24-18-12)14-8-9-19(25(2,22)23)10-11-20(14)16(21)13-6-4-3-5-7-13/h3-7,14H,8-11H2,1-2H3. The van der Waals surface area contributed by atoms with Crippen molar-refractivity contribution >= 4 is 15.9 Å². The molecule has 1 unspecified atom stereocenters. The molecule has 0 saturated carbocycles. The van der Waals surface area contributed by atoms with E-state index in [1.54, 1.807) is 36.1 Å². The van der Waals surface area contributed by atoms with E-state index >= 15 is 0 Å². The van der Waals surface area contributed by atoms with Crippen molar-refractivity contribution in [2.24, 2.45) is 0 Å². The van der Waals surface area contributed by atoms with Gasteiger partial charge in [-0.05, 0) is 25.5 Å². The maximum absolute atomic E-state index is 13.0. The van der Waals surface area contributed by atoms with Gasteiger partial charge in [-0.1, -0.05) is 23.4 Å². The molecular weight excluding hydrogens is 344 g/mol. The molecule has 25 heavy (non-hydrogen) atoms. The van der Waals surface area contributed by atoms with E-state index in [9.17, 15) is 13.2 Å². The first-order chi connectivity index (χ1) is 11.9. The molecule has 0 bridgehead atoms. The molecule has 1 fully saturated rings. The minimum Gasteiger partial charge on any atom is -0.337 e. The first-order valence-corrected chi connectivity index (χ1v) is 9.82. The maximum Gasteiger partial charge on any atom is 0.254 e. The fourth-order valence-electron chi connectivity index (χ4n) is 2.94. The Morgan fingerprint density at radius 2 is 1.92 bits per heavy atom. The summed E-state index contributed by atoms with van der Waals surface area (Å²) < 4.78 is 30.5. The number of carbonyl (C=O) groups is 1. The van der Waals surface area contributed by atoms with Gasteiger partial charge in [0.15, 0.2) is 5.82 Å². The molecule has 134 valence electrons. The number of nitrogens with zero attached hydrogens (tertiary/aromatic N) is 4. The summed E-state index contributed by atoms with van der Waals surface area (Å²) in [5.74, 6) is 0.625. The van der Waals surface area contributed by atoms with Crippen LogP contribution >= 0.6 is 0 Å². The van der Waals surface area contributed by atoms with Crippen molar-refractivity contribution < 1.29 is 17.7 Å². The molecule has 1 aromatic carbocycles. The molecule has 0 spiro atoms. The zero-order valence-corrected chi connectivity index (χ0v) is 14.9. The summed E-state index contributed by atoms with van der Waals surface area (Å²) >= 11 is 0. The third kappa shape index (κ3) is 3.88. The molecule has 1 aliphatic rings. The topological polar surface area (TPSA) is 96.6 Å². The average molecular weight is 364 g/mol. The summed E-state index contributed by atoms with van der Waals surface area (Å²) in [6.07, 6.45) is 1.57. The predicted octanol–water partition coefficient (Wildman–Crippen LogP) is 1.23. The zero-order chi connectivity index (χ0) is 18.0. The second-order valence-electron chi connectivity index (χ2n) is 6.01. The van der Waals surface area contributed by atoms with Crippen LogP contribution in [0.3, 0.4) is 0 Å². The predicted molar refractivity (Wildman–Crippen MR) is 90.3 cm³/mol. The number of amides is 1. The van der Waals surface area contributed by atoms with Gasteiger partial charge in [0.1, 0.15) is 6.04 Å². The molecule has 9 heteroatoms. The van der Waals surface area contributed by atoms with Crippen LogP contribution < -0.4 is 0 Å². The van der Waals surface area contributed by atoms with Crippen LogP contribution in [-0.2, 0) is 10.0 Å². The lowest BCUT2D eigenvalue weighted by molar-refractivity contribution is 0.0652. The summed E-state index contributed by atoms with van der Waals surface area (Å²) in [5, 5.41) is 3.80. The van der Waals surface area contributed by atoms with Gasteiger partial charge < -0.3 is 9.42 Å². The average Bonchev–Trinajstić information content (AvgIpc) is 2.88. The molecule has 0 radical (unpaired) electrons. The number of hydrogen-bond donors (Lipinski definition) is 0. The van der Waals surface area contributed by atoms with Gasteiger partial charge in [0, 0.05) is 25.2 Å². The summed E-state index contributed by atoms with van der Waals surface area (Å²) in [4.78, 5) is 18.8. The van der Waals surface area contributed by atoms with E-state index < -0.39 is 16.1 Å². The van der Waals surface area contributed by atoms with Crippen LogP contribution in [0.4, 0.5) is 0 Å². The normalized spacial score (nSPS) is 19.6. The van der Waals surface area contributed by atoms with Crippen molar-refractivity contribution in [3.63, 3.8) is 0 Å². The molecular formula is C16H20N4O4S. The first kappa shape index (κ1) is 17.6. The molecule has 3 rings (SSSR count). The van der Waals surface area contributed by atoms with Gasteiger partial charge in [0.05, 0.1) is 6.26 Å². The van der Waals surface area contributed by atoms with E-state index in [1.807, 2.05) is 6.07 Å². The van der Waals surface area contributed by atoms with Crippen LogP contribution in [0.25, 0.3) is 0 Å². The lowest BCUT2D eigenvalue weighted by atomic mass is 10.1. The Labute approximate surface area is 146 Å². The Balaban J connectivity index is 1.94. The van der Waals surface area contributed by atoms with Gasteiger partial charge in [0.25, 0.3) is 5.91 Å². The number of sulfonamides is 1. The molecule has 8 nitrogen and oxygen atoms in total. The quantitative estimate of drug-likeness (QED) is 0.813. The maximum atomic E-state index is 13.0. The van der Waals surface area contributed by atoms with Gasteiger partial charge in [-0.3, -0.25) is 4.79 Å². The molecule has 1 aromatic heterocycles. The minimum absolute atomic E-state index is 0.184. The summed E-state index contributed by atoms with van der Waals surface area (Å²) in [5.41, 5.74) is 0.538. The third-order valence-electron chi connectivity index (χ3n) is 4.20. The number of carbonyl (C=O) groups excluding carboxylic acids is 1. The van der Waals surface area contributed by atoms with Crippen LogP contribution in [-0.4, -0.2) is 59.6 Å². The highest BCUT2D eigenvalue weighted by atomic mass is 32.2. The van der Waals surface area contributed by atoms with Crippen LogP contribution in [0.2, 0.25) is 0 Å². The van der Waals surface area contributed by atoms with Gasteiger partial charge in [-0.15, -0.1) is 0 Å². The highest BCUT2D eigenvalue weighted by molar-refractivity contribution is 7.88. The van der Waals surface area contributed by atoms with Gasteiger partial charge in [-0.2, -0.15) is 4.98 Å². The lowest BCUT2D eigenvalue weighted by Crippen LogP contribution is -2.38. The smallest absolute Gasteiger partial charge is 0.254 e. The van der Waals surface area contributed by atoms with E-state index in [1.165, 1.54) is 10.6 Å². The fraction of sp³-hybridized carbons (Fsp3) is 0.438. The van der Waals surface area contributed by atoms with Crippen molar-refractivity contribution in [3.8, 4) is 0 Å². The SMILES string of the molecule is Cc1noc(C2CCN(S(C)(=O)=O)CCN2C(=O)c2ccccc2)n1. The number of aryl methyl sites for hydroxylation is 1. The van der Waals surface area contributed by atoms with E-state index in [2.05, 4.69) is 10.1 Å². The number of rotatable bonds is 3. The molecule has 1 saturated heterocycles. The molecule has 0 aliphatic carbocycles. The molecule has 2 heterocycles. The van der Waals surface area contributed by atoms with Crippen LogP contribution in [0, 0.1) is 6.92 Å². The zero-order valence-electron chi connectivity index (χ0n) is 14.1. The summed E-state index contributed by atoms with van der Waals surface area (Å²) in [7, 11) is -3.33. The molecule has 2 aromatic rings. The van der Waals surface area contributed by atoms with E-state index in [4.69, 9.17) is 4.52 Å². The number of benzene rings is 1. The van der Waals surface area contributed by atoms with Crippen molar-refractivity contribution in [2.75, 3.05) is 25.9 Å². The largest absolute Gasteiger partial charge is 0.337 e. The Hall–Kier alpha value is -2.26. The second-order valence-corrected chi connectivity index (χ2v) is 7.99. The Bertz CT molecular complexity index is 850. The molecule has 1 aliphatic heterocycles. The van der Waals surface area contributed by atoms with Crippen LogP contribution in [0.15, 0.2) is 34.9 Å². The summed E-state index contributed by atoms with van der Waals surface area (Å²) in [6, 6.07) is 8.43. The lowest BCUT2D eigenvalue weighted by Gasteiger charge is -2.27. The highest BCUT2D eigenvalue weighted by Crippen LogP contribution is 2.28. The van der Waals surface area contributed by atoms with Gasteiger partial charge in [0.2, 0.25) is 15.9 Å². The van der Waals surface area contributed by atoms with Crippen molar-refractivity contribution in [1.29, 1.82) is 0 Å². The van der Waals surface area contributed by atoms with E-state index in [-0.39, 0.29) is 19.0 Å². The highest BCUT2D eigenvalue weighted by Gasteiger charge is 2.35. The van der Waals surface area contributed by atoms with Crippen LogP contribution in [0.1, 0.15) is 34.5 Å². The fourth-order valence-corrected chi connectivity index (χ4v) is 3.79. The molecule has 0 N–H and O–H groups in total. The first-order valence-electron chi connectivity index (χ1n) is 7.97. The van der Waals surface area contributed by atoms with Crippen molar-refractivity contribution in [2.45, 2.75) is 19.4 Å². The van der Waals surface area contributed by atoms with Crippen molar-refractivity contribution in [1.82, 2.24) is 19.3 Å². The Kier molecular flexibility index (Phi) is 4.87. The number of aromatic nitrogens is 2. The Morgan fingerprint density at radius 1 is 1.20 bits per heavy atom. The minimum atomic E-state index is -3.33. The van der Waals surface area contributed by atoms with Gasteiger partial charge in [-0.25, -0.2) is 12.7 Å². The van der Waals surface area contributed by atoms with Gasteiger partial charge >= 0.3 is 0 Å². The van der Waals surface area contributed by atoms with E-state index in [0.717, 1.165) is 0 Å². The molecule has 1 atom stereocenters. The molecule has 1 amide bonds. The van der Waals surface area contributed by atoms with E-state index in [0.29, 0.717) is 30.2 Å². The van der Waals surface area contributed by atoms with Crippen molar-refractivity contribution in [3.05, 3.63) is 47.6 Å².